The Balaban J connectivity index is 1.52. The van der Waals surface area contributed by atoms with Crippen LogP contribution < -0.4 is 5.32 Å². The van der Waals surface area contributed by atoms with Crippen LogP contribution in [0, 0.1) is 5.92 Å². The maximum Gasteiger partial charge on any atom is 0.196 e. The van der Waals surface area contributed by atoms with Crippen LogP contribution in [0.25, 0.3) is 22.1 Å². The van der Waals surface area contributed by atoms with E-state index in [1.54, 1.807) is 6.33 Å². The first-order valence-electron chi connectivity index (χ1n) is 8.40. The number of likely N-dealkylation sites (tertiary alicyclic amines) is 1. The number of furan rings is 1. The monoisotopic (exact) mass is 310 g/mol. The van der Waals surface area contributed by atoms with Crippen LogP contribution in [0.15, 0.2) is 35.0 Å². The lowest BCUT2D eigenvalue weighted by molar-refractivity contribution is 0.294. The van der Waals surface area contributed by atoms with Crippen molar-refractivity contribution in [1.29, 1.82) is 0 Å². The van der Waals surface area contributed by atoms with Crippen LogP contribution in [0.1, 0.15) is 19.8 Å². The number of benzene rings is 1. The van der Waals surface area contributed by atoms with Crippen LogP contribution >= 0.6 is 0 Å². The summed E-state index contributed by atoms with van der Waals surface area (Å²) >= 11 is 0. The van der Waals surface area contributed by atoms with Gasteiger partial charge in [0.25, 0.3) is 0 Å². The average molecular weight is 310 g/mol. The van der Waals surface area contributed by atoms with Gasteiger partial charge in [-0.3, -0.25) is 0 Å². The van der Waals surface area contributed by atoms with E-state index in [4.69, 9.17) is 4.42 Å². The van der Waals surface area contributed by atoms with Crippen molar-refractivity contribution in [3.05, 3.63) is 30.6 Å². The highest BCUT2D eigenvalue weighted by Crippen LogP contribution is 2.30. The molecule has 1 aliphatic heterocycles. The molecule has 0 spiro atoms. The van der Waals surface area contributed by atoms with E-state index in [9.17, 15) is 0 Å². The molecule has 0 aliphatic carbocycles. The standard InChI is InChI=1S/C18H22N4O/c1-13(11-22-8-4-5-9-22)10-19-18-17-16(20-12-21-18)14-6-2-3-7-15(14)23-17/h2-3,6-7,12-13H,4-5,8-11H2,1H3,(H,19,20,21). The Hall–Kier alpha value is -2.14. The summed E-state index contributed by atoms with van der Waals surface area (Å²) in [4.78, 5) is 11.3. The fraction of sp³-hybridized carbons (Fsp3) is 0.444. The van der Waals surface area contributed by atoms with Gasteiger partial charge in [0, 0.05) is 18.5 Å². The highest BCUT2D eigenvalue weighted by molar-refractivity contribution is 6.05. The Kier molecular flexibility index (Phi) is 3.87. The molecular formula is C18H22N4O. The summed E-state index contributed by atoms with van der Waals surface area (Å²) in [6.07, 6.45) is 4.29. The van der Waals surface area contributed by atoms with Crippen molar-refractivity contribution in [1.82, 2.24) is 14.9 Å². The predicted molar refractivity (Wildman–Crippen MR) is 92.6 cm³/mol. The molecule has 0 bridgehead atoms. The van der Waals surface area contributed by atoms with Crippen molar-refractivity contribution < 1.29 is 4.42 Å². The highest BCUT2D eigenvalue weighted by Gasteiger charge is 2.16. The van der Waals surface area contributed by atoms with E-state index in [1.165, 1.54) is 25.9 Å². The molecule has 120 valence electrons. The van der Waals surface area contributed by atoms with Crippen molar-refractivity contribution in [2.75, 3.05) is 31.5 Å². The number of fused-ring (bicyclic) bond motifs is 3. The van der Waals surface area contributed by atoms with Gasteiger partial charge in [0.2, 0.25) is 0 Å². The van der Waals surface area contributed by atoms with Crippen LogP contribution in [0.5, 0.6) is 0 Å². The van der Waals surface area contributed by atoms with Gasteiger partial charge >= 0.3 is 0 Å². The molecule has 0 saturated carbocycles. The fourth-order valence-corrected chi connectivity index (χ4v) is 3.39. The summed E-state index contributed by atoms with van der Waals surface area (Å²) in [5.74, 6) is 1.36. The molecule has 1 saturated heterocycles. The molecular weight excluding hydrogens is 288 g/mol. The van der Waals surface area contributed by atoms with Crippen LogP contribution in [0.3, 0.4) is 0 Å². The number of rotatable bonds is 5. The summed E-state index contributed by atoms with van der Waals surface area (Å²) < 4.78 is 5.95. The molecule has 1 aromatic carbocycles. The lowest BCUT2D eigenvalue weighted by Crippen LogP contribution is -2.29. The third-order valence-corrected chi connectivity index (χ3v) is 4.54. The molecule has 5 heteroatoms. The van der Waals surface area contributed by atoms with E-state index >= 15 is 0 Å². The third kappa shape index (κ3) is 2.88. The normalized spacial score (nSPS) is 17.1. The van der Waals surface area contributed by atoms with Crippen LogP contribution in [-0.4, -0.2) is 41.0 Å². The molecule has 1 fully saturated rings. The first-order valence-corrected chi connectivity index (χ1v) is 8.40. The first kappa shape index (κ1) is 14.5. The smallest absolute Gasteiger partial charge is 0.196 e. The molecule has 1 unspecified atom stereocenters. The topological polar surface area (TPSA) is 54.2 Å². The van der Waals surface area contributed by atoms with Gasteiger partial charge in [-0.1, -0.05) is 19.1 Å². The second-order valence-electron chi connectivity index (χ2n) is 6.49. The third-order valence-electron chi connectivity index (χ3n) is 4.54. The molecule has 3 aromatic rings. The number of anilines is 1. The van der Waals surface area contributed by atoms with Crippen molar-refractivity contribution in [3.8, 4) is 0 Å². The van der Waals surface area contributed by atoms with Crippen molar-refractivity contribution >= 4 is 27.9 Å². The molecule has 5 nitrogen and oxygen atoms in total. The zero-order valence-electron chi connectivity index (χ0n) is 13.5. The van der Waals surface area contributed by atoms with Crippen LogP contribution in [-0.2, 0) is 0 Å². The number of hydrogen-bond donors (Lipinski definition) is 1. The molecule has 1 N–H and O–H groups in total. The van der Waals surface area contributed by atoms with E-state index in [0.717, 1.165) is 41.0 Å². The molecule has 0 radical (unpaired) electrons. The number of aromatic nitrogens is 2. The van der Waals surface area contributed by atoms with Gasteiger partial charge in [0.05, 0.1) is 0 Å². The number of hydrogen-bond acceptors (Lipinski definition) is 5. The average Bonchev–Trinajstić information content (AvgIpc) is 3.20. The molecule has 1 aliphatic rings. The second-order valence-corrected chi connectivity index (χ2v) is 6.49. The molecule has 23 heavy (non-hydrogen) atoms. The minimum Gasteiger partial charge on any atom is -0.450 e. The van der Waals surface area contributed by atoms with Gasteiger partial charge in [-0.15, -0.1) is 0 Å². The fourth-order valence-electron chi connectivity index (χ4n) is 3.39. The quantitative estimate of drug-likeness (QED) is 0.781. The lowest BCUT2D eigenvalue weighted by Gasteiger charge is -2.20. The largest absolute Gasteiger partial charge is 0.450 e. The van der Waals surface area contributed by atoms with Gasteiger partial charge in [-0.25, -0.2) is 9.97 Å². The second kappa shape index (κ2) is 6.16. The maximum absolute atomic E-state index is 5.95. The minimum absolute atomic E-state index is 0.572. The number of para-hydroxylation sites is 1. The SMILES string of the molecule is CC(CNc1ncnc2c1oc1ccccc12)CN1CCCC1. The van der Waals surface area contributed by atoms with Gasteiger partial charge in [-0.2, -0.15) is 0 Å². The summed E-state index contributed by atoms with van der Waals surface area (Å²) in [6.45, 7) is 6.79. The van der Waals surface area contributed by atoms with Crippen molar-refractivity contribution in [2.45, 2.75) is 19.8 Å². The van der Waals surface area contributed by atoms with Crippen molar-refractivity contribution in [2.24, 2.45) is 5.92 Å². The van der Waals surface area contributed by atoms with E-state index in [-0.39, 0.29) is 0 Å². The van der Waals surface area contributed by atoms with Gasteiger partial charge < -0.3 is 14.6 Å². The first-order chi connectivity index (χ1) is 11.3. The Bertz CT molecular complexity index is 807. The van der Waals surface area contributed by atoms with E-state index < -0.39 is 0 Å². The van der Waals surface area contributed by atoms with Gasteiger partial charge in [0.1, 0.15) is 17.4 Å². The lowest BCUT2D eigenvalue weighted by atomic mass is 10.1. The van der Waals surface area contributed by atoms with E-state index in [1.807, 2.05) is 24.3 Å². The predicted octanol–water partition coefficient (Wildman–Crippen LogP) is 3.52. The summed E-state index contributed by atoms with van der Waals surface area (Å²) in [5.41, 5.74) is 2.49. The highest BCUT2D eigenvalue weighted by atomic mass is 16.3. The Morgan fingerprint density at radius 3 is 2.91 bits per heavy atom. The minimum atomic E-state index is 0.572. The Labute approximate surface area is 135 Å². The molecule has 0 amide bonds. The molecule has 4 rings (SSSR count). The van der Waals surface area contributed by atoms with E-state index in [0.29, 0.717) is 5.92 Å². The molecule has 1 atom stereocenters. The summed E-state index contributed by atoms with van der Waals surface area (Å²) in [6, 6.07) is 7.98. The van der Waals surface area contributed by atoms with Gasteiger partial charge in [0.15, 0.2) is 11.4 Å². The molecule has 2 aromatic heterocycles. The number of nitrogens with zero attached hydrogens (tertiary/aromatic N) is 3. The Morgan fingerprint density at radius 2 is 2.04 bits per heavy atom. The van der Waals surface area contributed by atoms with E-state index in [2.05, 4.69) is 27.1 Å². The number of nitrogens with one attached hydrogen (secondary N) is 1. The molecule has 3 heterocycles. The van der Waals surface area contributed by atoms with Gasteiger partial charge in [-0.05, 0) is 44.0 Å². The zero-order valence-corrected chi connectivity index (χ0v) is 13.5. The van der Waals surface area contributed by atoms with Crippen LogP contribution in [0.2, 0.25) is 0 Å². The van der Waals surface area contributed by atoms with Crippen LogP contribution in [0.4, 0.5) is 5.82 Å². The zero-order chi connectivity index (χ0) is 15.6. The summed E-state index contributed by atoms with van der Waals surface area (Å²) in [7, 11) is 0. The summed E-state index contributed by atoms with van der Waals surface area (Å²) in [5, 5.41) is 4.49. The van der Waals surface area contributed by atoms with Crippen molar-refractivity contribution in [3.63, 3.8) is 0 Å². The Morgan fingerprint density at radius 1 is 1.22 bits per heavy atom. The maximum atomic E-state index is 5.95.